The van der Waals surface area contributed by atoms with E-state index in [4.69, 9.17) is 9.26 Å². The number of likely N-dealkylation sites (N-methyl/N-ethyl adjacent to an activating group) is 1. The molecule has 1 N–H and O–H groups in total. The summed E-state index contributed by atoms with van der Waals surface area (Å²) in [6, 6.07) is 1.95. The van der Waals surface area contributed by atoms with Crippen LogP contribution in [-0.4, -0.2) is 42.8 Å². The van der Waals surface area contributed by atoms with E-state index in [1.54, 1.807) is 0 Å². The minimum atomic E-state index is 0.0155. The van der Waals surface area contributed by atoms with Crippen molar-refractivity contribution in [3.8, 4) is 0 Å². The molecule has 0 atom stereocenters. The van der Waals surface area contributed by atoms with E-state index in [2.05, 4.69) is 57.2 Å². The third kappa shape index (κ3) is 6.03. The van der Waals surface area contributed by atoms with Gasteiger partial charge in [0.05, 0.1) is 12.3 Å². The van der Waals surface area contributed by atoms with Crippen LogP contribution in [0.15, 0.2) is 10.6 Å². The lowest BCUT2D eigenvalue weighted by Crippen LogP contribution is -2.42. The molecule has 0 aliphatic heterocycles. The van der Waals surface area contributed by atoms with Crippen LogP contribution in [0, 0.1) is 5.92 Å². The van der Waals surface area contributed by atoms with Gasteiger partial charge in [0.15, 0.2) is 5.76 Å². The zero-order valence-corrected chi connectivity index (χ0v) is 13.7. The molecular formula is C15H29N3O2. The largest absolute Gasteiger partial charge is 0.371 e. The first-order chi connectivity index (χ1) is 9.31. The van der Waals surface area contributed by atoms with E-state index in [-0.39, 0.29) is 5.54 Å². The third-order valence-electron chi connectivity index (χ3n) is 3.38. The van der Waals surface area contributed by atoms with E-state index in [1.165, 1.54) is 0 Å². The van der Waals surface area contributed by atoms with Crippen molar-refractivity contribution < 1.29 is 9.26 Å². The molecule has 1 aromatic rings. The number of hydrogen-bond acceptors (Lipinski definition) is 5. The van der Waals surface area contributed by atoms with Gasteiger partial charge in [0.1, 0.15) is 6.61 Å². The summed E-state index contributed by atoms with van der Waals surface area (Å²) >= 11 is 0. The molecule has 5 nitrogen and oxygen atoms in total. The number of hydrogen-bond donors (Lipinski definition) is 1. The van der Waals surface area contributed by atoms with Gasteiger partial charge in [-0.1, -0.05) is 19.0 Å². The van der Waals surface area contributed by atoms with Gasteiger partial charge in [0.25, 0.3) is 0 Å². The minimum absolute atomic E-state index is 0.0155. The Balaban J connectivity index is 2.30. The van der Waals surface area contributed by atoms with E-state index in [0.717, 1.165) is 24.5 Å². The van der Waals surface area contributed by atoms with Crippen LogP contribution >= 0.6 is 0 Å². The SMILES string of the molecule is CC(C)CNCc1cc(COCC(C)(C)N(C)C)on1. The Morgan fingerprint density at radius 1 is 1.40 bits per heavy atom. The highest BCUT2D eigenvalue weighted by molar-refractivity contribution is 5.04. The van der Waals surface area contributed by atoms with Crippen LogP contribution < -0.4 is 5.32 Å². The summed E-state index contributed by atoms with van der Waals surface area (Å²) in [5, 5.41) is 7.38. The number of rotatable bonds is 9. The van der Waals surface area contributed by atoms with Gasteiger partial charge in [-0.15, -0.1) is 0 Å². The molecule has 1 aromatic heterocycles. The molecule has 0 aliphatic carbocycles. The van der Waals surface area contributed by atoms with Gasteiger partial charge in [-0.05, 0) is 40.4 Å². The maximum absolute atomic E-state index is 5.71. The lowest BCUT2D eigenvalue weighted by molar-refractivity contribution is 0.0191. The summed E-state index contributed by atoms with van der Waals surface area (Å²) in [5.74, 6) is 1.42. The molecule has 1 rings (SSSR count). The molecule has 1 heterocycles. The molecule has 0 fully saturated rings. The van der Waals surface area contributed by atoms with Crippen molar-refractivity contribution in [1.82, 2.24) is 15.4 Å². The molecule has 20 heavy (non-hydrogen) atoms. The van der Waals surface area contributed by atoms with Crippen LogP contribution in [0.1, 0.15) is 39.1 Å². The highest BCUT2D eigenvalue weighted by Gasteiger charge is 2.20. The van der Waals surface area contributed by atoms with Crippen molar-refractivity contribution in [1.29, 1.82) is 0 Å². The molecule has 0 aliphatic rings. The molecule has 0 saturated carbocycles. The van der Waals surface area contributed by atoms with Crippen molar-refractivity contribution in [2.75, 3.05) is 27.2 Å². The maximum atomic E-state index is 5.71. The summed E-state index contributed by atoms with van der Waals surface area (Å²) in [6.45, 7) is 11.5. The van der Waals surface area contributed by atoms with Gasteiger partial charge in [-0.2, -0.15) is 0 Å². The Bertz CT molecular complexity index is 386. The number of ether oxygens (including phenoxy) is 1. The fourth-order valence-electron chi connectivity index (χ4n) is 1.53. The number of aromatic nitrogens is 1. The molecule has 5 heteroatoms. The summed E-state index contributed by atoms with van der Waals surface area (Å²) in [4.78, 5) is 2.15. The highest BCUT2D eigenvalue weighted by Crippen LogP contribution is 2.12. The lowest BCUT2D eigenvalue weighted by atomic mass is 10.1. The van der Waals surface area contributed by atoms with Gasteiger partial charge in [-0.25, -0.2) is 0 Å². The van der Waals surface area contributed by atoms with Crippen molar-refractivity contribution in [2.24, 2.45) is 5.92 Å². The van der Waals surface area contributed by atoms with Crippen molar-refractivity contribution in [2.45, 2.75) is 46.4 Å². The van der Waals surface area contributed by atoms with E-state index in [0.29, 0.717) is 19.1 Å². The zero-order valence-electron chi connectivity index (χ0n) is 13.7. The first-order valence-corrected chi connectivity index (χ1v) is 7.21. The third-order valence-corrected chi connectivity index (χ3v) is 3.38. The second kappa shape index (κ2) is 7.76. The van der Waals surface area contributed by atoms with Gasteiger partial charge in [-0.3, -0.25) is 0 Å². The summed E-state index contributed by atoms with van der Waals surface area (Å²) in [7, 11) is 4.10. The standard InChI is InChI=1S/C15H29N3O2/c1-12(2)8-16-9-13-7-14(20-17-13)10-19-11-15(3,4)18(5)6/h7,12,16H,8-11H2,1-6H3. The van der Waals surface area contributed by atoms with E-state index >= 15 is 0 Å². The second-order valence-corrected chi connectivity index (χ2v) is 6.51. The van der Waals surface area contributed by atoms with Crippen molar-refractivity contribution in [3.05, 3.63) is 17.5 Å². The van der Waals surface area contributed by atoms with E-state index in [1.807, 2.05) is 6.07 Å². The highest BCUT2D eigenvalue weighted by atomic mass is 16.5. The molecule has 0 unspecified atom stereocenters. The molecule has 0 aromatic carbocycles. The normalized spacial score (nSPS) is 12.6. The van der Waals surface area contributed by atoms with Gasteiger partial charge < -0.3 is 19.5 Å². The fourth-order valence-corrected chi connectivity index (χ4v) is 1.53. The van der Waals surface area contributed by atoms with Gasteiger partial charge in [0.2, 0.25) is 0 Å². The van der Waals surface area contributed by atoms with Gasteiger partial charge in [0, 0.05) is 18.2 Å². The predicted octanol–water partition coefficient (Wildman–Crippen LogP) is 2.28. The van der Waals surface area contributed by atoms with Crippen LogP contribution in [0.4, 0.5) is 0 Å². The monoisotopic (exact) mass is 283 g/mol. The van der Waals surface area contributed by atoms with Crippen LogP contribution in [0.5, 0.6) is 0 Å². The molecular weight excluding hydrogens is 254 g/mol. The number of nitrogens with zero attached hydrogens (tertiary/aromatic N) is 2. The quantitative estimate of drug-likeness (QED) is 0.753. The molecule has 0 radical (unpaired) electrons. The average molecular weight is 283 g/mol. The maximum Gasteiger partial charge on any atom is 0.162 e. The van der Waals surface area contributed by atoms with E-state index < -0.39 is 0 Å². The minimum Gasteiger partial charge on any atom is -0.371 e. The van der Waals surface area contributed by atoms with Crippen LogP contribution in [0.2, 0.25) is 0 Å². The first kappa shape index (κ1) is 17.1. The predicted molar refractivity (Wildman–Crippen MR) is 80.5 cm³/mol. The Morgan fingerprint density at radius 3 is 2.70 bits per heavy atom. The summed E-state index contributed by atoms with van der Waals surface area (Å²) in [6.07, 6.45) is 0. The summed E-state index contributed by atoms with van der Waals surface area (Å²) < 4.78 is 11.0. The number of nitrogens with one attached hydrogen (secondary N) is 1. The van der Waals surface area contributed by atoms with Crippen LogP contribution in [0.25, 0.3) is 0 Å². The molecule has 0 amide bonds. The Labute approximate surface area is 122 Å². The molecule has 0 bridgehead atoms. The Kier molecular flexibility index (Phi) is 6.65. The van der Waals surface area contributed by atoms with Crippen molar-refractivity contribution in [3.63, 3.8) is 0 Å². The molecule has 0 spiro atoms. The first-order valence-electron chi connectivity index (χ1n) is 7.21. The lowest BCUT2D eigenvalue weighted by Gasteiger charge is -2.31. The Hall–Kier alpha value is -0.910. The second-order valence-electron chi connectivity index (χ2n) is 6.51. The molecule has 116 valence electrons. The Morgan fingerprint density at radius 2 is 2.10 bits per heavy atom. The fraction of sp³-hybridized carbons (Fsp3) is 0.800. The van der Waals surface area contributed by atoms with Gasteiger partial charge >= 0.3 is 0 Å². The van der Waals surface area contributed by atoms with Crippen molar-refractivity contribution >= 4 is 0 Å². The van der Waals surface area contributed by atoms with Crippen LogP contribution in [-0.2, 0) is 17.9 Å². The van der Waals surface area contributed by atoms with Crippen LogP contribution in [0.3, 0.4) is 0 Å². The average Bonchev–Trinajstić information content (AvgIpc) is 2.76. The molecule has 0 saturated heterocycles. The van der Waals surface area contributed by atoms with E-state index in [9.17, 15) is 0 Å². The summed E-state index contributed by atoms with van der Waals surface area (Å²) in [5.41, 5.74) is 0.943. The zero-order chi connectivity index (χ0) is 15.2. The topological polar surface area (TPSA) is 50.5 Å². The smallest absolute Gasteiger partial charge is 0.162 e.